The summed E-state index contributed by atoms with van der Waals surface area (Å²) >= 11 is 0. The second-order valence-electron chi connectivity index (χ2n) is 2.13. The second-order valence-corrected chi connectivity index (χ2v) is 3.63. The Bertz CT molecular complexity index is 304. The van der Waals surface area contributed by atoms with Gasteiger partial charge in [-0.15, -0.1) is 0 Å². The Morgan fingerprint density at radius 3 is 2.55 bits per heavy atom. The van der Waals surface area contributed by atoms with E-state index in [9.17, 15) is 8.42 Å². The first-order valence-corrected chi connectivity index (χ1v) is 4.44. The smallest absolute Gasteiger partial charge is 0.298 e. The summed E-state index contributed by atoms with van der Waals surface area (Å²) < 4.78 is 22.4. The van der Waals surface area contributed by atoms with Gasteiger partial charge in [-0.05, 0) is 12.2 Å². The Hall–Kier alpha value is -1.01. The minimum Gasteiger partial charge on any atom is -0.399 e. The molecule has 0 unspecified atom stereocenters. The zero-order valence-electron chi connectivity index (χ0n) is 5.77. The van der Waals surface area contributed by atoms with Crippen LogP contribution in [0.25, 0.3) is 0 Å². The van der Waals surface area contributed by atoms with Crippen LogP contribution in [0.3, 0.4) is 0 Å². The number of allylic oxidation sites excluding steroid dienone is 1. The Labute approximate surface area is 65.1 Å². The van der Waals surface area contributed by atoms with Crippen molar-refractivity contribution in [3.05, 3.63) is 24.0 Å². The van der Waals surface area contributed by atoms with E-state index < -0.39 is 10.2 Å². The molecule has 0 saturated carbocycles. The van der Waals surface area contributed by atoms with E-state index in [1.54, 1.807) is 6.08 Å². The highest BCUT2D eigenvalue weighted by atomic mass is 32.2. The molecule has 0 saturated heterocycles. The summed E-state index contributed by atoms with van der Waals surface area (Å²) in [7, 11) is -3.60. The van der Waals surface area contributed by atoms with Crippen LogP contribution < -0.4 is 10.9 Å². The lowest BCUT2D eigenvalue weighted by atomic mass is 10.3. The molecule has 1 rings (SSSR count). The zero-order chi connectivity index (χ0) is 8.48. The molecule has 0 aromatic heterocycles. The van der Waals surface area contributed by atoms with Crippen molar-refractivity contribution in [2.75, 3.05) is 6.54 Å². The second kappa shape index (κ2) is 2.55. The molecular weight excluding hydrogens is 166 g/mol. The maximum atomic E-state index is 10.7. The average molecular weight is 175 g/mol. The number of nitrogens with zero attached hydrogens (tertiary/aromatic N) is 1. The highest BCUT2D eigenvalue weighted by Gasteiger charge is 2.12. The number of hydrogen-bond acceptors (Lipinski definition) is 3. The molecule has 1 aliphatic heterocycles. The van der Waals surface area contributed by atoms with Crippen molar-refractivity contribution in [3.8, 4) is 0 Å². The van der Waals surface area contributed by atoms with Crippen LogP contribution in [-0.2, 0) is 10.2 Å². The summed E-state index contributed by atoms with van der Waals surface area (Å²) in [5, 5.41) is 4.83. The van der Waals surface area contributed by atoms with Gasteiger partial charge < -0.3 is 5.73 Å². The van der Waals surface area contributed by atoms with Gasteiger partial charge >= 0.3 is 0 Å². The normalized spacial score (nSPS) is 18.3. The molecule has 11 heavy (non-hydrogen) atoms. The third kappa shape index (κ3) is 1.95. The van der Waals surface area contributed by atoms with Crippen LogP contribution in [0, 0.1) is 0 Å². The lowest BCUT2D eigenvalue weighted by Gasteiger charge is -2.17. The molecule has 0 aromatic carbocycles. The molecule has 0 fully saturated rings. The first-order valence-electron chi connectivity index (χ1n) is 2.93. The summed E-state index contributed by atoms with van der Waals surface area (Å²) in [5.74, 6) is 0. The van der Waals surface area contributed by atoms with E-state index in [0.717, 1.165) is 4.31 Å². The summed E-state index contributed by atoms with van der Waals surface area (Å²) in [6.07, 6.45) is 4.39. The molecule has 62 valence electrons. The van der Waals surface area contributed by atoms with E-state index in [0.29, 0.717) is 5.70 Å². The van der Waals surface area contributed by atoms with Crippen molar-refractivity contribution in [1.82, 2.24) is 4.31 Å². The molecule has 0 aliphatic carbocycles. The van der Waals surface area contributed by atoms with Crippen molar-refractivity contribution in [1.29, 1.82) is 0 Å². The SMILES string of the molecule is NC1=CCN(S(N)(=O)=O)C=C1. The minimum atomic E-state index is -3.60. The zero-order valence-corrected chi connectivity index (χ0v) is 6.58. The van der Waals surface area contributed by atoms with E-state index in [4.69, 9.17) is 10.9 Å². The first-order chi connectivity index (χ1) is 5.00. The van der Waals surface area contributed by atoms with Crippen LogP contribution >= 0.6 is 0 Å². The third-order valence-electron chi connectivity index (χ3n) is 1.27. The monoisotopic (exact) mass is 175 g/mol. The summed E-state index contributed by atoms with van der Waals surface area (Å²) in [5.41, 5.74) is 5.90. The Morgan fingerprint density at radius 1 is 1.55 bits per heavy atom. The van der Waals surface area contributed by atoms with Gasteiger partial charge in [0.1, 0.15) is 0 Å². The van der Waals surface area contributed by atoms with Gasteiger partial charge in [0.15, 0.2) is 0 Å². The van der Waals surface area contributed by atoms with Crippen LogP contribution in [0.4, 0.5) is 0 Å². The molecule has 5 nitrogen and oxygen atoms in total. The van der Waals surface area contributed by atoms with Crippen molar-refractivity contribution >= 4 is 10.2 Å². The molecule has 6 heteroatoms. The Morgan fingerprint density at radius 2 is 2.18 bits per heavy atom. The van der Waals surface area contributed by atoms with Crippen molar-refractivity contribution in [2.45, 2.75) is 0 Å². The van der Waals surface area contributed by atoms with Crippen LogP contribution in [0.2, 0.25) is 0 Å². The third-order valence-corrected chi connectivity index (χ3v) is 2.19. The van der Waals surface area contributed by atoms with Crippen molar-refractivity contribution in [2.24, 2.45) is 10.9 Å². The highest BCUT2D eigenvalue weighted by Crippen LogP contribution is 2.04. The minimum absolute atomic E-state index is 0.209. The van der Waals surface area contributed by atoms with Gasteiger partial charge in [0.25, 0.3) is 10.2 Å². The first kappa shape index (κ1) is 8.09. The van der Waals surface area contributed by atoms with Gasteiger partial charge in [0.05, 0.1) is 6.54 Å². The quantitative estimate of drug-likeness (QED) is 0.528. The fourth-order valence-corrected chi connectivity index (χ4v) is 1.20. The highest BCUT2D eigenvalue weighted by molar-refractivity contribution is 7.86. The van der Waals surface area contributed by atoms with E-state index in [-0.39, 0.29) is 6.54 Å². The van der Waals surface area contributed by atoms with Crippen LogP contribution in [0.5, 0.6) is 0 Å². The summed E-state index contributed by atoms with van der Waals surface area (Å²) in [6, 6.07) is 0. The summed E-state index contributed by atoms with van der Waals surface area (Å²) in [6.45, 7) is 0.209. The molecule has 1 heterocycles. The summed E-state index contributed by atoms with van der Waals surface area (Å²) in [4.78, 5) is 0. The molecule has 0 bridgehead atoms. The molecule has 0 spiro atoms. The standard InChI is InChI=1S/C5H9N3O2S/c6-5-1-3-8(4-2-5)11(7,9)10/h1-3H,4,6H2,(H2,7,9,10). The lowest BCUT2D eigenvalue weighted by Crippen LogP contribution is -2.34. The Kier molecular flexibility index (Phi) is 1.88. The van der Waals surface area contributed by atoms with Gasteiger partial charge in [-0.3, -0.25) is 4.31 Å². The predicted octanol–water partition coefficient (Wildman–Crippen LogP) is -1.14. The van der Waals surface area contributed by atoms with Crippen molar-refractivity contribution in [3.63, 3.8) is 0 Å². The van der Waals surface area contributed by atoms with E-state index in [1.807, 2.05) is 0 Å². The lowest BCUT2D eigenvalue weighted by molar-refractivity contribution is 0.521. The van der Waals surface area contributed by atoms with Gasteiger partial charge in [0.2, 0.25) is 0 Å². The molecule has 1 aliphatic rings. The maximum Gasteiger partial charge on any atom is 0.298 e. The average Bonchev–Trinajstić information content (AvgIpc) is 1.86. The maximum absolute atomic E-state index is 10.7. The fourth-order valence-electron chi connectivity index (χ4n) is 0.682. The molecule has 0 amide bonds. The van der Waals surface area contributed by atoms with E-state index in [2.05, 4.69) is 0 Å². The van der Waals surface area contributed by atoms with Gasteiger partial charge in [0, 0.05) is 11.9 Å². The van der Waals surface area contributed by atoms with Crippen LogP contribution in [0.1, 0.15) is 0 Å². The predicted molar refractivity (Wildman–Crippen MR) is 41.2 cm³/mol. The van der Waals surface area contributed by atoms with Gasteiger partial charge in [-0.1, -0.05) is 0 Å². The van der Waals surface area contributed by atoms with E-state index >= 15 is 0 Å². The van der Waals surface area contributed by atoms with Crippen LogP contribution in [-0.4, -0.2) is 19.3 Å². The molecule has 0 radical (unpaired) electrons. The molecule has 4 N–H and O–H groups in total. The van der Waals surface area contributed by atoms with Crippen LogP contribution in [0.15, 0.2) is 24.0 Å². The Balaban J connectivity index is 2.79. The van der Waals surface area contributed by atoms with Gasteiger partial charge in [-0.25, -0.2) is 5.14 Å². The fraction of sp³-hybridized carbons (Fsp3) is 0.200. The topological polar surface area (TPSA) is 89.4 Å². The largest absolute Gasteiger partial charge is 0.399 e. The number of hydrogen-bond donors (Lipinski definition) is 2. The van der Waals surface area contributed by atoms with Gasteiger partial charge in [-0.2, -0.15) is 8.42 Å². The number of nitrogens with two attached hydrogens (primary N) is 2. The van der Waals surface area contributed by atoms with Crippen molar-refractivity contribution < 1.29 is 8.42 Å². The molecule has 0 atom stereocenters. The molecule has 0 aromatic rings. The van der Waals surface area contributed by atoms with E-state index in [1.165, 1.54) is 12.3 Å². The number of rotatable bonds is 1. The molecular formula is C5H9N3O2S.